The highest BCUT2D eigenvalue weighted by Gasteiger charge is 2.07. The monoisotopic (exact) mass is 253 g/mol. The zero-order valence-electron chi connectivity index (χ0n) is 9.51. The van der Waals surface area contributed by atoms with Gasteiger partial charge in [-0.25, -0.2) is 9.07 Å². The predicted octanol–water partition coefficient (Wildman–Crippen LogP) is 1.22. The second kappa shape index (κ2) is 5.24. The number of tetrazole rings is 1. The van der Waals surface area contributed by atoms with Gasteiger partial charge < -0.3 is 5.32 Å². The maximum Gasteiger partial charge on any atom is 0.213 e. The molecule has 7 heteroatoms. The highest BCUT2D eigenvalue weighted by atomic mass is 32.2. The van der Waals surface area contributed by atoms with Crippen molar-refractivity contribution in [3.8, 4) is 0 Å². The van der Waals surface area contributed by atoms with Crippen molar-refractivity contribution >= 4 is 11.8 Å². The quantitative estimate of drug-likeness (QED) is 0.888. The van der Waals surface area contributed by atoms with Crippen LogP contribution in [0.2, 0.25) is 0 Å². The van der Waals surface area contributed by atoms with Gasteiger partial charge in [-0.05, 0) is 53.0 Å². The standard InChI is InChI=1S/C10H12FN5S/c1-12-6-7-3-8(11)5-9(4-7)17-10-13-14-15-16(10)2/h3-5,12H,6H2,1-2H3. The molecule has 17 heavy (non-hydrogen) atoms. The summed E-state index contributed by atoms with van der Waals surface area (Å²) in [6, 6.07) is 4.90. The second-order valence-electron chi connectivity index (χ2n) is 3.51. The minimum absolute atomic E-state index is 0.254. The average molecular weight is 253 g/mol. The summed E-state index contributed by atoms with van der Waals surface area (Å²) in [7, 11) is 3.57. The SMILES string of the molecule is CNCc1cc(F)cc(Sc2nnnn2C)c1. The molecule has 2 rings (SSSR count). The van der Waals surface area contributed by atoms with Gasteiger partial charge in [0.1, 0.15) is 5.82 Å². The number of aryl methyl sites for hydroxylation is 1. The number of benzene rings is 1. The lowest BCUT2D eigenvalue weighted by molar-refractivity contribution is 0.619. The number of nitrogens with zero attached hydrogens (tertiary/aromatic N) is 4. The first-order valence-electron chi connectivity index (χ1n) is 5.03. The van der Waals surface area contributed by atoms with Crippen LogP contribution in [0.5, 0.6) is 0 Å². The van der Waals surface area contributed by atoms with E-state index in [9.17, 15) is 4.39 Å². The van der Waals surface area contributed by atoms with E-state index < -0.39 is 0 Å². The Labute approximate surface area is 102 Å². The Balaban J connectivity index is 2.23. The maximum absolute atomic E-state index is 13.4. The van der Waals surface area contributed by atoms with E-state index in [0.717, 1.165) is 10.5 Å². The Morgan fingerprint density at radius 3 is 2.88 bits per heavy atom. The summed E-state index contributed by atoms with van der Waals surface area (Å²) >= 11 is 1.33. The number of rotatable bonds is 4. The normalized spacial score (nSPS) is 10.8. The molecule has 90 valence electrons. The highest BCUT2D eigenvalue weighted by Crippen LogP contribution is 2.26. The van der Waals surface area contributed by atoms with Crippen LogP contribution in [-0.2, 0) is 13.6 Å². The molecule has 1 N–H and O–H groups in total. The van der Waals surface area contributed by atoms with Crippen LogP contribution in [-0.4, -0.2) is 27.3 Å². The lowest BCUT2D eigenvalue weighted by atomic mass is 10.2. The van der Waals surface area contributed by atoms with Crippen molar-refractivity contribution in [1.82, 2.24) is 25.5 Å². The maximum atomic E-state index is 13.4. The van der Waals surface area contributed by atoms with Gasteiger partial charge in [-0.15, -0.1) is 5.10 Å². The first-order chi connectivity index (χ1) is 8.19. The Bertz CT molecular complexity index is 513. The number of hydrogen-bond donors (Lipinski definition) is 1. The molecule has 0 aliphatic heterocycles. The third-order valence-electron chi connectivity index (χ3n) is 2.10. The van der Waals surface area contributed by atoms with Gasteiger partial charge >= 0.3 is 0 Å². The Morgan fingerprint density at radius 2 is 2.24 bits per heavy atom. The first-order valence-corrected chi connectivity index (χ1v) is 5.85. The minimum Gasteiger partial charge on any atom is -0.316 e. The number of nitrogens with one attached hydrogen (secondary N) is 1. The van der Waals surface area contributed by atoms with Crippen molar-refractivity contribution < 1.29 is 4.39 Å². The first kappa shape index (κ1) is 12.0. The largest absolute Gasteiger partial charge is 0.316 e. The van der Waals surface area contributed by atoms with E-state index in [1.807, 2.05) is 13.1 Å². The van der Waals surface area contributed by atoms with Crippen LogP contribution in [0.25, 0.3) is 0 Å². The topological polar surface area (TPSA) is 55.6 Å². The van der Waals surface area contributed by atoms with Gasteiger partial charge in [0.05, 0.1) is 0 Å². The van der Waals surface area contributed by atoms with E-state index in [1.165, 1.54) is 23.9 Å². The second-order valence-corrected chi connectivity index (χ2v) is 4.55. The molecule has 0 saturated heterocycles. The molecule has 1 aromatic heterocycles. The molecule has 2 aromatic rings. The summed E-state index contributed by atoms with van der Waals surface area (Å²) in [6.07, 6.45) is 0. The molecule has 0 bridgehead atoms. The van der Waals surface area contributed by atoms with E-state index in [-0.39, 0.29) is 5.82 Å². The molecular weight excluding hydrogens is 241 g/mol. The van der Waals surface area contributed by atoms with E-state index in [4.69, 9.17) is 0 Å². The zero-order chi connectivity index (χ0) is 12.3. The summed E-state index contributed by atoms with van der Waals surface area (Å²) in [5.74, 6) is -0.254. The molecule has 0 saturated carbocycles. The van der Waals surface area contributed by atoms with Gasteiger partial charge in [0, 0.05) is 18.5 Å². The third-order valence-corrected chi connectivity index (χ3v) is 3.10. The van der Waals surface area contributed by atoms with Crippen molar-refractivity contribution in [2.45, 2.75) is 16.6 Å². The van der Waals surface area contributed by atoms with Crippen LogP contribution in [0.3, 0.4) is 0 Å². The van der Waals surface area contributed by atoms with Crippen LogP contribution in [0.4, 0.5) is 4.39 Å². The van der Waals surface area contributed by atoms with Crippen LogP contribution in [0.15, 0.2) is 28.3 Å². The molecule has 5 nitrogen and oxygen atoms in total. The minimum atomic E-state index is -0.254. The summed E-state index contributed by atoms with van der Waals surface area (Å²) in [5, 5.41) is 14.7. The van der Waals surface area contributed by atoms with Crippen LogP contribution in [0, 0.1) is 5.82 Å². The summed E-state index contributed by atoms with van der Waals surface area (Å²) in [6.45, 7) is 0.627. The van der Waals surface area contributed by atoms with Crippen molar-refractivity contribution in [1.29, 1.82) is 0 Å². The molecule has 0 amide bonds. The Hall–Kier alpha value is -1.47. The molecule has 1 heterocycles. The van der Waals surface area contributed by atoms with E-state index in [0.29, 0.717) is 11.7 Å². The van der Waals surface area contributed by atoms with Crippen molar-refractivity contribution in [2.75, 3.05) is 7.05 Å². The predicted molar refractivity (Wildman–Crippen MR) is 62.1 cm³/mol. The highest BCUT2D eigenvalue weighted by molar-refractivity contribution is 7.99. The van der Waals surface area contributed by atoms with Gasteiger partial charge in [-0.2, -0.15) is 0 Å². The Morgan fingerprint density at radius 1 is 1.41 bits per heavy atom. The fourth-order valence-electron chi connectivity index (χ4n) is 1.40. The number of aromatic nitrogens is 4. The van der Waals surface area contributed by atoms with Gasteiger partial charge in [0.25, 0.3) is 0 Å². The van der Waals surface area contributed by atoms with Gasteiger partial charge in [0.2, 0.25) is 5.16 Å². The molecular formula is C10H12FN5S. The molecule has 0 fully saturated rings. The molecule has 1 aromatic carbocycles. The van der Waals surface area contributed by atoms with Crippen LogP contribution < -0.4 is 5.32 Å². The number of halogens is 1. The number of hydrogen-bond acceptors (Lipinski definition) is 5. The van der Waals surface area contributed by atoms with Crippen molar-refractivity contribution in [2.24, 2.45) is 7.05 Å². The molecule has 0 unspecified atom stereocenters. The molecule has 0 spiro atoms. The van der Waals surface area contributed by atoms with Crippen LogP contribution in [0.1, 0.15) is 5.56 Å². The van der Waals surface area contributed by atoms with Crippen molar-refractivity contribution in [3.63, 3.8) is 0 Å². The fourth-order valence-corrected chi connectivity index (χ4v) is 2.24. The van der Waals surface area contributed by atoms with Crippen LogP contribution >= 0.6 is 11.8 Å². The van der Waals surface area contributed by atoms with Gasteiger partial charge in [-0.1, -0.05) is 0 Å². The summed E-state index contributed by atoms with van der Waals surface area (Å²) in [5.41, 5.74) is 0.894. The van der Waals surface area contributed by atoms with Gasteiger partial charge in [0.15, 0.2) is 0 Å². The lowest BCUT2D eigenvalue weighted by Crippen LogP contribution is -2.05. The summed E-state index contributed by atoms with van der Waals surface area (Å²) in [4.78, 5) is 0.785. The smallest absolute Gasteiger partial charge is 0.213 e. The van der Waals surface area contributed by atoms with Gasteiger partial charge in [-0.3, -0.25) is 0 Å². The lowest BCUT2D eigenvalue weighted by Gasteiger charge is -2.04. The molecule has 0 radical (unpaired) electrons. The van der Waals surface area contributed by atoms with E-state index >= 15 is 0 Å². The summed E-state index contributed by atoms with van der Waals surface area (Å²) < 4.78 is 14.9. The van der Waals surface area contributed by atoms with Crippen molar-refractivity contribution in [3.05, 3.63) is 29.6 Å². The van der Waals surface area contributed by atoms with E-state index in [1.54, 1.807) is 11.7 Å². The average Bonchev–Trinajstić information content (AvgIpc) is 2.64. The zero-order valence-corrected chi connectivity index (χ0v) is 10.3. The molecule has 0 aliphatic carbocycles. The molecule has 0 aliphatic rings. The van der Waals surface area contributed by atoms with E-state index in [2.05, 4.69) is 20.8 Å². The molecule has 0 atom stereocenters. The Kier molecular flexibility index (Phi) is 3.70. The fraction of sp³-hybridized carbons (Fsp3) is 0.300. The third kappa shape index (κ3) is 3.01.